The van der Waals surface area contributed by atoms with Crippen molar-refractivity contribution in [3.8, 4) is 40.1 Å². The molecule has 2 aliphatic heterocycles. The number of fused-ring (bicyclic) bond motifs is 5. The van der Waals surface area contributed by atoms with Crippen LogP contribution in [0.4, 0.5) is 0 Å². The van der Waals surface area contributed by atoms with Crippen molar-refractivity contribution in [2.24, 2.45) is 5.73 Å². The minimum Gasteiger partial charge on any atom is -0.507 e. The molecule has 348 valence electrons. The number of hydrogen-bond donors (Lipinski definition) is 7. The Morgan fingerprint density at radius 3 is 2.29 bits per heavy atom. The number of nitriles is 1. The van der Waals surface area contributed by atoms with Gasteiger partial charge in [-0.05, 0) is 106 Å². The number of carbonyl (C=O) groups excluding carboxylic acids is 5. The second kappa shape index (κ2) is 20.9. The fourth-order valence-corrected chi connectivity index (χ4v) is 8.27. The molecule has 5 amide bonds. The van der Waals surface area contributed by atoms with Crippen LogP contribution in [0.1, 0.15) is 91.4 Å². The number of benzene rings is 3. The molecule has 4 bridgehead atoms. The van der Waals surface area contributed by atoms with Gasteiger partial charge in [-0.15, -0.1) is 0 Å². The molecule has 0 aliphatic carbocycles. The van der Waals surface area contributed by atoms with Crippen LogP contribution < -0.4 is 37.1 Å². The molecule has 1 saturated heterocycles. The van der Waals surface area contributed by atoms with E-state index < -0.39 is 53.7 Å². The number of nitrogens with two attached hydrogens (primary N) is 1. The Morgan fingerprint density at radius 2 is 1.65 bits per heavy atom. The van der Waals surface area contributed by atoms with E-state index in [9.17, 15) is 34.3 Å². The third-order valence-corrected chi connectivity index (χ3v) is 12.0. The quantitative estimate of drug-likeness (QED) is 0.107. The Labute approximate surface area is 385 Å². The number of aryl methyl sites for hydroxylation is 2. The Bertz CT molecular complexity index is 2490. The first-order valence-corrected chi connectivity index (χ1v) is 22.2. The zero-order chi connectivity index (χ0) is 47.9. The summed E-state index contributed by atoms with van der Waals surface area (Å²) in [6.07, 6.45) is 1.33. The average Bonchev–Trinajstić information content (AvgIpc) is 3.28. The van der Waals surface area contributed by atoms with Gasteiger partial charge in [-0.25, -0.2) is 9.97 Å². The highest BCUT2D eigenvalue weighted by Gasteiger charge is 2.36. The maximum Gasteiger partial charge on any atom is 0.255 e. The molecule has 1 aromatic heterocycles. The van der Waals surface area contributed by atoms with E-state index in [2.05, 4.69) is 57.3 Å². The number of phenols is 1. The Kier molecular flexibility index (Phi) is 15.4. The second-order valence-electron chi connectivity index (χ2n) is 17.9. The van der Waals surface area contributed by atoms with E-state index in [0.29, 0.717) is 34.1 Å². The number of amides is 5. The highest BCUT2D eigenvalue weighted by atomic mass is 16.5. The Balaban J connectivity index is 1.36. The van der Waals surface area contributed by atoms with Gasteiger partial charge in [0.15, 0.2) is 5.82 Å². The first-order chi connectivity index (χ1) is 31.4. The summed E-state index contributed by atoms with van der Waals surface area (Å²) in [6, 6.07) is 14.6. The van der Waals surface area contributed by atoms with Crippen LogP contribution in [0.25, 0.3) is 22.5 Å². The molecule has 3 aromatic carbocycles. The van der Waals surface area contributed by atoms with Crippen LogP contribution in [0, 0.1) is 25.2 Å². The van der Waals surface area contributed by atoms with Crippen LogP contribution >= 0.6 is 0 Å². The summed E-state index contributed by atoms with van der Waals surface area (Å²) in [5, 5.41) is 34.7. The van der Waals surface area contributed by atoms with Crippen molar-refractivity contribution < 1.29 is 33.8 Å². The van der Waals surface area contributed by atoms with Crippen molar-refractivity contribution >= 4 is 29.5 Å². The fourth-order valence-electron chi connectivity index (χ4n) is 8.27. The first-order valence-electron chi connectivity index (χ1n) is 22.2. The average molecular weight is 901 g/mol. The number of hydrogen-bond acceptors (Lipinski definition) is 12. The minimum atomic E-state index is -1.42. The highest BCUT2D eigenvalue weighted by Crippen LogP contribution is 2.40. The summed E-state index contributed by atoms with van der Waals surface area (Å²) in [6.45, 7) is 12.4. The standard InChI is InChI=1S/C49H60N10O7/c1-27-41(28(2)55-43(54-27)31-9-12-33(13-10-31)49(4,5)6)46(63)57-37(16-19-50)48(65)59(7)42-32-11-14-39(60)35(26-32)36-24-30(8-15-40(36)66-34-17-21-52-22-18-34)25-38(45(62)53-23-20-51)58-44(61)29(3)56-47(42)64/h8-15,24,26,29,34,37-38,42,52,60H,16-19,21-23,25,50H2,1-7H3,(H,53,62)(H,56,64)(H,57,63)(H,58,61). The van der Waals surface area contributed by atoms with Crippen LogP contribution in [-0.4, -0.2) is 107 Å². The van der Waals surface area contributed by atoms with Gasteiger partial charge in [-0.1, -0.05) is 57.2 Å². The predicted molar refractivity (Wildman–Crippen MR) is 248 cm³/mol. The fraction of sp³-hybridized carbons (Fsp3) is 0.429. The number of aromatic hydroxyl groups is 1. The van der Waals surface area contributed by atoms with Gasteiger partial charge in [0.25, 0.3) is 5.91 Å². The number of ether oxygens (including phenoxy) is 1. The number of carbonyl (C=O) groups is 5. The summed E-state index contributed by atoms with van der Waals surface area (Å²) in [5.41, 5.74) is 10.5. The van der Waals surface area contributed by atoms with E-state index in [1.807, 2.05) is 30.3 Å². The summed E-state index contributed by atoms with van der Waals surface area (Å²) in [7, 11) is 1.41. The monoisotopic (exact) mass is 900 g/mol. The lowest BCUT2D eigenvalue weighted by Crippen LogP contribution is -2.56. The number of aromatic nitrogens is 2. The van der Waals surface area contributed by atoms with Crippen LogP contribution in [-0.2, 0) is 31.0 Å². The molecule has 0 spiro atoms. The van der Waals surface area contributed by atoms with Crippen LogP contribution in [0.2, 0.25) is 0 Å². The molecule has 66 heavy (non-hydrogen) atoms. The van der Waals surface area contributed by atoms with Crippen molar-refractivity contribution in [1.29, 1.82) is 5.26 Å². The van der Waals surface area contributed by atoms with Gasteiger partial charge in [0.1, 0.15) is 48.3 Å². The van der Waals surface area contributed by atoms with Crippen molar-refractivity contribution in [1.82, 2.24) is 41.5 Å². The van der Waals surface area contributed by atoms with Crippen molar-refractivity contribution in [3.63, 3.8) is 0 Å². The number of nitrogens with one attached hydrogen (secondary N) is 5. The Hall–Kier alpha value is -6.90. The van der Waals surface area contributed by atoms with E-state index in [1.54, 1.807) is 38.1 Å². The van der Waals surface area contributed by atoms with E-state index in [4.69, 9.17) is 10.5 Å². The minimum absolute atomic E-state index is 0.000363. The molecule has 8 N–H and O–H groups in total. The predicted octanol–water partition coefficient (Wildman–Crippen LogP) is 3.39. The molecular formula is C49H60N10O7. The lowest BCUT2D eigenvalue weighted by molar-refractivity contribution is -0.141. The second-order valence-corrected chi connectivity index (χ2v) is 17.9. The maximum atomic E-state index is 14.7. The van der Waals surface area contributed by atoms with E-state index in [-0.39, 0.29) is 59.9 Å². The molecule has 2 aliphatic rings. The molecule has 0 radical (unpaired) electrons. The smallest absolute Gasteiger partial charge is 0.255 e. The number of likely N-dealkylation sites (N-methyl/N-ethyl adjacent to an activating group) is 1. The first kappa shape index (κ1) is 48.6. The van der Waals surface area contributed by atoms with E-state index in [0.717, 1.165) is 37.1 Å². The summed E-state index contributed by atoms with van der Waals surface area (Å²) >= 11 is 0. The van der Waals surface area contributed by atoms with Gasteiger partial charge in [0, 0.05) is 30.2 Å². The van der Waals surface area contributed by atoms with Crippen LogP contribution in [0.3, 0.4) is 0 Å². The molecule has 1 fully saturated rings. The van der Waals surface area contributed by atoms with Gasteiger partial charge < -0.3 is 47.1 Å². The number of phenolic OH excluding ortho intramolecular Hbond substituents is 1. The lowest BCUT2D eigenvalue weighted by atomic mass is 9.86. The van der Waals surface area contributed by atoms with E-state index >= 15 is 0 Å². The number of nitrogens with zero attached hydrogens (tertiary/aromatic N) is 4. The van der Waals surface area contributed by atoms with Gasteiger partial charge in [-0.3, -0.25) is 24.0 Å². The molecule has 0 saturated carbocycles. The SMILES string of the molecule is Cc1nc(-c2ccc(C(C)(C)C)cc2)nc(C)c1C(=O)NC(CCN)C(=O)N(C)C1C(=O)NC(C)C(=O)NC(C(=O)NCC#N)Cc2ccc(OC3CCNCC3)c(c2)-c2cc1ccc2O. The highest BCUT2D eigenvalue weighted by molar-refractivity contribution is 6.00. The van der Waals surface area contributed by atoms with Gasteiger partial charge in [0.05, 0.1) is 23.0 Å². The third kappa shape index (κ3) is 11.3. The number of piperidine rings is 1. The molecule has 4 unspecified atom stereocenters. The van der Waals surface area contributed by atoms with Gasteiger partial charge in [-0.2, -0.15) is 5.26 Å². The zero-order valence-corrected chi connectivity index (χ0v) is 38.6. The maximum absolute atomic E-state index is 14.7. The van der Waals surface area contributed by atoms with Crippen molar-refractivity contribution in [2.75, 3.05) is 33.2 Å². The van der Waals surface area contributed by atoms with Crippen LogP contribution in [0.15, 0.2) is 60.7 Å². The van der Waals surface area contributed by atoms with E-state index in [1.165, 1.54) is 31.0 Å². The molecular weight excluding hydrogens is 841 g/mol. The van der Waals surface area contributed by atoms with Crippen LogP contribution in [0.5, 0.6) is 11.5 Å². The third-order valence-electron chi connectivity index (χ3n) is 12.0. The Morgan fingerprint density at radius 1 is 0.970 bits per heavy atom. The van der Waals surface area contributed by atoms with Crippen molar-refractivity contribution in [2.45, 2.75) is 103 Å². The zero-order valence-electron chi connectivity index (χ0n) is 38.6. The molecule has 17 nitrogen and oxygen atoms in total. The summed E-state index contributed by atoms with van der Waals surface area (Å²) < 4.78 is 6.53. The molecule has 4 atom stereocenters. The van der Waals surface area contributed by atoms with Gasteiger partial charge >= 0.3 is 0 Å². The lowest BCUT2D eigenvalue weighted by Gasteiger charge is -2.32. The molecule has 17 heteroatoms. The van der Waals surface area contributed by atoms with Gasteiger partial charge in [0.2, 0.25) is 23.6 Å². The molecule has 3 heterocycles. The molecule has 4 aromatic rings. The summed E-state index contributed by atoms with van der Waals surface area (Å²) in [5.74, 6) is -2.62. The largest absolute Gasteiger partial charge is 0.507 e. The topological polar surface area (TPSA) is 254 Å². The summed E-state index contributed by atoms with van der Waals surface area (Å²) in [4.78, 5) is 80.9. The normalized spacial score (nSPS) is 18.4. The number of rotatable bonds is 11. The molecule has 6 rings (SSSR count). The van der Waals surface area contributed by atoms with Crippen molar-refractivity contribution in [3.05, 3.63) is 94.3 Å².